The van der Waals surface area contributed by atoms with E-state index in [9.17, 15) is 0 Å². The molecule has 3 aromatic carbocycles. The van der Waals surface area contributed by atoms with Gasteiger partial charge in [0.05, 0.1) is 4.58 Å². The predicted molar refractivity (Wildman–Crippen MR) is 113 cm³/mol. The first-order valence-corrected chi connectivity index (χ1v) is 10.3. The Morgan fingerprint density at radius 3 is 1.64 bits per heavy atom. The summed E-state index contributed by atoms with van der Waals surface area (Å²) in [7, 11) is 0. The molecule has 3 aromatic rings. The van der Waals surface area contributed by atoms with Crippen molar-refractivity contribution in [3.8, 4) is 0 Å². The summed E-state index contributed by atoms with van der Waals surface area (Å²) in [5.74, 6) is 0. The van der Waals surface area contributed by atoms with Crippen molar-refractivity contribution in [3.05, 3.63) is 90.5 Å². The number of hydrogen-bond donors (Lipinski definition) is 1. The zero-order chi connectivity index (χ0) is 17.5. The minimum absolute atomic E-state index is 0.284. The number of para-hydroxylation sites is 1. The molecule has 0 aliphatic heterocycles. The monoisotopic (exact) mass is 365 g/mol. The summed E-state index contributed by atoms with van der Waals surface area (Å²) in [6.07, 6.45) is 0. The lowest BCUT2D eigenvalue weighted by Gasteiger charge is -2.22. The molecule has 3 rings (SSSR count). The second kappa shape index (κ2) is 9.02. The van der Waals surface area contributed by atoms with Crippen LogP contribution in [0, 0.1) is 0 Å². The van der Waals surface area contributed by atoms with Gasteiger partial charge in [-0.25, -0.2) is 0 Å². The molecule has 0 unspecified atom stereocenters. The van der Waals surface area contributed by atoms with Gasteiger partial charge in [-0.1, -0.05) is 54.6 Å². The van der Waals surface area contributed by atoms with Crippen LogP contribution in [0.1, 0.15) is 24.0 Å². The van der Waals surface area contributed by atoms with Crippen LogP contribution in [0.3, 0.4) is 0 Å². The van der Waals surface area contributed by atoms with Gasteiger partial charge in [-0.15, -0.1) is 23.5 Å². The highest BCUT2D eigenvalue weighted by atomic mass is 32.2. The van der Waals surface area contributed by atoms with E-state index in [2.05, 4.69) is 104 Å². The van der Waals surface area contributed by atoms with Crippen molar-refractivity contribution < 1.29 is 0 Å². The summed E-state index contributed by atoms with van der Waals surface area (Å²) >= 11 is 3.80. The molecule has 1 nitrogen and oxygen atoms in total. The van der Waals surface area contributed by atoms with E-state index in [1.165, 1.54) is 21.0 Å². The van der Waals surface area contributed by atoms with E-state index >= 15 is 0 Å². The number of hydrogen-bond acceptors (Lipinski definition) is 3. The van der Waals surface area contributed by atoms with Crippen molar-refractivity contribution in [1.82, 2.24) is 0 Å². The predicted octanol–water partition coefficient (Wildman–Crippen LogP) is 7.09. The molecule has 3 heteroatoms. The van der Waals surface area contributed by atoms with Gasteiger partial charge in [-0.3, -0.25) is 0 Å². The third kappa shape index (κ3) is 5.32. The molecule has 0 aliphatic rings. The molecule has 0 atom stereocenters. The van der Waals surface area contributed by atoms with Crippen LogP contribution in [0.5, 0.6) is 0 Å². The summed E-state index contributed by atoms with van der Waals surface area (Å²) in [6, 6.07) is 30.3. The fraction of sp³-hybridized carbons (Fsp3) is 0.182. The van der Waals surface area contributed by atoms with Gasteiger partial charge in [-0.2, -0.15) is 0 Å². The van der Waals surface area contributed by atoms with Gasteiger partial charge in [-0.05, 0) is 49.7 Å². The highest BCUT2D eigenvalue weighted by Crippen LogP contribution is 2.49. The fourth-order valence-corrected chi connectivity index (χ4v) is 5.19. The lowest BCUT2D eigenvalue weighted by atomic mass is 10.2. The molecular formula is C22H23NS2. The van der Waals surface area contributed by atoms with Crippen LogP contribution < -0.4 is 5.32 Å². The summed E-state index contributed by atoms with van der Waals surface area (Å²) in [5, 5.41) is 3.60. The van der Waals surface area contributed by atoms with Gasteiger partial charge in [0, 0.05) is 21.5 Å². The molecule has 0 heterocycles. The smallest absolute Gasteiger partial charge is 0.0865 e. The molecule has 0 spiro atoms. The van der Waals surface area contributed by atoms with Crippen LogP contribution in [-0.2, 0) is 0 Å². The van der Waals surface area contributed by atoms with Crippen molar-refractivity contribution in [1.29, 1.82) is 0 Å². The quantitative estimate of drug-likeness (QED) is 0.354. The first-order valence-electron chi connectivity index (χ1n) is 8.51. The van der Waals surface area contributed by atoms with Crippen LogP contribution in [0.2, 0.25) is 0 Å². The van der Waals surface area contributed by atoms with Crippen molar-refractivity contribution in [2.75, 3.05) is 5.32 Å². The van der Waals surface area contributed by atoms with E-state index in [4.69, 9.17) is 0 Å². The third-order valence-corrected chi connectivity index (χ3v) is 6.23. The summed E-state index contributed by atoms with van der Waals surface area (Å²) in [4.78, 5) is 2.57. The van der Waals surface area contributed by atoms with Gasteiger partial charge in [0.1, 0.15) is 0 Å². The number of thioether (sulfide) groups is 2. The van der Waals surface area contributed by atoms with E-state index in [1.54, 1.807) is 0 Å². The first-order chi connectivity index (χ1) is 12.2. The van der Waals surface area contributed by atoms with Crippen molar-refractivity contribution in [3.63, 3.8) is 0 Å². The van der Waals surface area contributed by atoms with Crippen LogP contribution in [0.4, 0.5) is 5.69 Å². The van der Waals surface area contributed by atoms with Crippen molar-refractivity contribution >= 4 is 29.2 Å². The Morgan fingerprint density at radius 1 is 0.640 bits per heavy atom. The molecule has 0 fully saturated rings. The van der Waals surface area contributed by atoms with E-state index < -0.39 is 0 Å². The average molecular weight is 366 g/mol. The molecule has 0 aliphatic carbocycles. The van der Waals surface area contributed by atoms with E-state index in [0.29, 0.717) is 6.04 Å². The highest BCUT2D eigenvalue weighted by molar-refractivity contribution is 8.16. The second-order valence-corrected chi connectivity index (χ2v) is 8.74. The number of anilines is 1. The maximum Gasteiger partial charge on any atom is 0.0865 e. The maximum absolute atomic E-state index is 3.60. The lowest BCUT2D eigenvalue weighted by Crippen LogP contribution is -2.11. The topological polar surface area (TPSA) is 12.0 Å². The van der Waals surface area contributed by atoms with Gasteiger partial charge in [0.15, 0.2) is 0 Å². The zero-order valence-corrected chi connectivity index (χ0v) is 16.2. The number of nitrogens with one attached hydrogen (secondary N) is 1. The maximum atomic E-state index is 3.60. The van der Waals surface area contributed by atoms with Gasteiger partial charge < -0.3 is 5.32 Å². The molecule has 0 amide bonds. The Hall–Kier alpha value is -1.84. The molecule has 1 N–H and O–H groups in total. The summed E-state index contributed by atoms with van der Waals surface area (Å²) in [6.45, 7) is 4.36. The van der Waals surface area contributed by atoms with Gasteiger partial charge in [0.2, 0.25) is 0 Å². The fourth-order valence-electron chi connectivity index (χ4n) is 2.54. The van der Waals surface area contributed by atoms with Crippen molar-refractivity contribution in [2.45, 2.75) is 34.3 Å². The molecule has 0 bridgehead atoms. The van der Waals surface area contributed by atoms with Crippen LogP contribution in [0.25, 0.3) is 0 Å². The molecule has 0 saturated heterocycles. The Kier molecular flexibility index (Phi) is 6.48. The molecular weight excluding hydrogens is 342 g/mol. The van der Waals surface area contributed by atoms with E-state index in [1.807, 2.05) is 23.5 Å². The Morgan fingerprint density at radius 2 is 1.12 bits per heavy atom. The first kappa shape index (κ1) is 18.0. The molecule has 128 valence electrons. The van der Waals surface area contributed by atoms with Gasteiger partial charge >= 0.3 is 0 Å². The van der Waals surface area contributed by atoms with Gasteiger partial charge in [0.25, 0.3) is 0 Å². The minimum Gasteiger partial charge on any atom is -0.383 e. The van der Waals surface area contributed by atoms with Crippen LogP contribution >= 0.6 is 23.5 Å². The standard InChI is InChI=1S/C22H23NS2/c1-17(2)23-21-16-10-9-15-20(21)22(24-18-11-5-3-6-12-18)25-19-13-7-4-8-14-19/h3-17,22-23H,1-2H3. The summed E-state index contributed by atoms with van der Waals surface area (Å²) < 4.78 is 0.284. The average Bonchev–Trinajstić information content (AvgIpc) is 2.63. The molecule has 0 radical (unpaired) electrons. The third-order valence-electron chi connectivity index (χ3n) is 3.63. The van der Waals surface area contributed by atoms with Crippen molar-refractivity contribution in [2.24, 2.45) is 0 Å². The normalized spacial score (nSPS) is 11.0. The Labute approximate surface area is 159 Å². The Balaban J connectivity index is 1.93. The largest absolute Gasteiger partial charge is 0.383 e. The zero-order valence-electron chi connectivity index (χ0n) is 14.6. The molecule has 0 saturated carbocycles. The second-order valence-electron chi connectivity index (χ2n) is 6.08. The number of rotatable bonds is 7. The Bertz CT molecular complexity index is 731. The van der Waals surface area contributed by atoms with Crippen LogP contribution in [0.15, 0.2) is 94.7 Å². The minimum atomic E-state index is 0.284. The van der Waals surface area contributed by atoms with E-state index in [0.717, 1.165) is 0 Å². The summed E-state index contributed by atoms with van der Waals surface area (Å²) in [5.41, 5.74) is 2.55. The van der Waals surface area contributed by atoms with Crippen LogP contribution in [-0.4, -0.2) is 6.04 Å². The number of benzene rings is 3. The molecule has 25 heavy (non-hydrogen) atoms. The lowest BCUT2D eigenvalue weighted by molar-refractivity contribution is 0.897. The molecule has 0 aromatic heterocycles. The SMILES string of the molecule is CC(C)Nc1ccccc1C(Sc1ccccc1)Sc1ccccc1. The highest BCUT2D eigenvalue weighted by Gasteiger charge is 2.18. The van der Waals surface area contributed by atoms with E-state index in [-0.39, 0.29) is 4.58 Å².